The van der Waals surface area contributed by atoms with Crippen LogP contribution in [-0.4, -0.2) is 29.6 Å². The number of aliphatic carboxylic acids is 1. The molecular formula is C10H20N2O3. The summed E-state index contributed by atoms with van der Waals surface area (Å²) in [6, 6.07) is -0.599. The van der Waals surface area contributed by atoms with Crippen LogP contribution in [0.15, 0.2) is 0 Å². The number of carbonyl (C=O) groups is 2. The molecule has 0 saturated carbocycles. The topological polar surface area (TPSA) is 92.4 Å². The number of carboxylic acids is 1. The first-order valence-corrected chi connectivity index (χ1v) is 5.10. The maximum absolute atomic E-state index is 11.1. The summed E-state index contributed by atoms with van der Waals surface area (Å²) >= 11 is 0. The van der Waals surface area contributed by atoms with E-state index >= 15 is 0 Å². The second kappa shape index (κ2) is 6.40. The second-order valence-corrected chi connectivity index (χ2v) is 4.20. The van der Waals surface area contributed by atoms with Gasteiger partial charge in [-0.2, -0.15) is 0 Å². The fourth-order valence-electron chi connectivity index (χ4n) is 1.23. The van der Waals surface area contributed by atoms with Crippen LogP contribution < -0.4 is 11.1 Å². The number of nitrogens with one attached hydrogen (secondary N) is 1. The molecule has 0 spiro atoms. The predicted octanol–water partition coefficient (Wildman–Crippen LogP) is 0.197. The molecular weight excluding hydrogens is 196 g/mol. The first-order chi connectivity index (χ1) is 6.84. The van der Waals surface area contributed by atoms with Crippen LogP contribution in [0.2, 0.25) is 0 Å². The summed E-state index contributed by atoms with van der Waals surface area (Å²) in [7, 11) is 0. The molecule has 0 saturated heterocycles. The SMILES string of the molecule is CC(C)CC(CNC(=O)C(C)N)C(=O)O. The highest BCUT2D eigenvalue weighted by Crippen LogP contribution is 2.10. The van der Waals surface area contributed by atoms with Gasteiger partial charge < -0.3 is 16.2 Å². The molecule has 15 heavy (non-hydrogen) atoms. The van der Waals surface area contributed by atoms with E-state index < -0.39 is 17.9 Å². The standard InChI is InChI=1S/C10H20N2O3/c1-6(2)4-8(10(14)15)5-12-9(13)7(3)11/h6-8H,4-5,11H2,1-3H3,(H,12,13)(H,14,15). The van der Waals surface area contributed by atoms with Gasteiger partial charge in [0.25, 0.3) is 0 Å². The lowest BCUT2D eigenvalue weighted by molar-refractivity contribution is -0.142. The van der Waals surface area contributed by atoms with Crippen LogP contribution in [0.4, 0.5) is 0 Å². The number of carboxylic acid groups (broad SMARTS) is 1. The quantitative estimate of drug-likeness (QED) is 0.591. The number of hydrogen-bond acceptors (Lipinski definition) is 3. The Kier molecular flexibility index (Phi) is 5.93. The molecule has 88 valence electrons. The first-order valence-electron chi connectivity index (χ1n) is 5.10. The summed E-state index contributed by atoms with van der Waals surface area (Å²) in [6.07, 6.45) is 0.550. The van der Waals surface area contributed by atoms with Crippen LogP contribution in [0.25, 0.3) is 0 Å². The Hall–Kier alpha value is -1.10. The minimum absolute atomic E-state index is 0.147. The van der Waals surface area contributed by atoms with Crippen LogP contribution in [0, 0.1) is 11.8 Å². The van der Waals surface area contributed by atoms with Crippen molar-refractivity contribution in [1.29, 1.82) is 0 Å². The molecule has 0 heterocycles. The lowest BCUT2D eigenvalue weighted by Gasteiger charge is -2.16. The van der Waals surface area contributed by atoms with Crippen molar-refractivity contribution < 1.29 is 14.7 Å². The molecule has 4 N–H and O–H groups in total. The Balaban J connectivity index is 4.07. The average molecular weight is 216 g/mol. The molecule has 0 rings (SSSR count). The van der Waals surface area contributed by atoms with Crippen LogP contribution in [0.1, 0.15) is 27.2 Å². The van der Waals surface area contributed by atoms with Crippen molar-refractivity contribution in [3.05, 3.63) is 0 Å². The van der Waals surface area contributed by atoms with Gasteiger partial charge in [0, 0.05) is 6.54 Å². The first kappa shape index (κ1) is 13.9. The smallest absolute Gasteiger partial charge is 0.308 e. The molecule has 0 fully saturated rings. The minimum atomic E-state index is -0.881. The van der Waals surface area contributed by atoms with Gasteiger partial charge in [0.05, 0.1) is 12.0 Å². The molecule has 0 radical (unpaired) electrons. The molecule has 1 amide bonds. The zero-order chi connectivity index (χ0) is 12.0. The number of amides is 1. The molecule has 0 aromatic carbocycles. The van der Waals surface area contributed by atoms with Crippen LogP contribution in [0.5, 0.6) is 0 Å². The number of carbonyl (C=O) groups excluding carboxylic acids is 1. The van der Waals surface area contributed by atoms with Crippen molar-refractivity contribution in [1.82, 2.24) is 5.32 Å². The largest absolute Gasteiger partial charge is 0.481 e. The summed E-state index contributed by atoms with van der Waals surface area (Å²) in [5.74, 6) is -1.44. The lowest BCUT2D eigenvalue weighted by atomic mass is 9.97. The van der Waals surface area contributed by atoms with Gasteiger partial charge in [-0.25, -0.2) is 0 Å². The molecule has 5 heteroatoms. The van der Waals surface area contributed by atoms with E-state index in [0.717, 1.165) is 0 Å². The van der Waals surface area contributed by atoms with Crippen molar-refractivity contribution in [2.75, 3.05) is 6.54 Å². The molecule has 2 atom stereocenters. The van der Waals surface area contributed by atoms with Gasteiger partial charge in [0.15, 0.2) is 0 Å². The van der Waals surface area contributed by atoms with Crippen LogP contribution >= 0.6 is 0 Å². The lowest BCUT2D eigenvalue weighted by Crippen LogP contribution is -2.42. The zero-order valence-electron chi connectivity index (χ0n) is 9.49. The van der Waals surface area contributed by atoms with Crippen LogP contribution in [-0.2, 0) is 9.59 Å². The maximum Gasteiger partial charge on any atom is 0.308 e. The summed E-state index contributed by atoms with van der Waals surface area (Å²) < 4.78 is 0. The van der Waals surface area contributed by atoms with Gasteiger partial charge in [-0.3, -0.25) is 9.59 Å². The van der Waals surface area contributed by atoms with Crippen LogP contribution in [0.3, 0.4) is 0 Å². The third kappa shape index (κ3) is 6.06. The van der Waals surface area contributed by atoms with E-state index in [1.165, 1.54) is 0 Å². The summed E-state index contributed by atoms with van der Waals surface area (Å²) in [5.41, 5.74) is 5.34. The van der Waals surface area contributed by atoms with E-state index in [-0.39, 0.29) is 12.5 Å². The van der Waals surface area contributed by atoms with Crippen molar-refractivity contribution >= 4 is 11.9 Å². The molecule has 0 aliphatic carbocycles. The van der Waals surface area contributed by atoms with Crippen molar-refractivity contribution in [3.63, 3.8) is 0 Å². The summed E-state index contributed by atoms with van der Waals surface area (Å²) in [6.45, 7) is 5.61. The maximum atomic E-state index is 11.1. The highest BCUT2D eigenvalue weighted by Gasteiger charge is 2.20. The van der Waals surface area contributed by atoms with Gasteiger partial charge >= 0.3 is 5.97 Å². The zero-order valence-corrected chi connectivity index (χ0v) is 9.49. The normalized spacial score (nSPS) is 14.7. The Labute approximate surface area is 90.0 Å². The fourth-order valence-corrected chi connectivity index (χ4v) is 1.23. The van der Waals surface area contributed by atoms with Gasteiger partial charge in [-0.1, -0.05) is 13.8 Å². The third-order valence-electron chi connectivity index (χ3n) is 2.04. The van der Waals surface area contributed by atoms with Gasteiger partial charge in [0.1, 0.15) is 0 Å². The predicted molar refractivity (Wildman–Crippen MR) is 57.2 cm³/mol. The van der Waals surface area contributed by atoms with E-state index in [9.17, 15) is 9.59 Å². The van der Waals surface area contributed by atoms with E-state index in [0.29, 0.717) is 12.3 Å². The monoisotopic (exact) mass is 216 g/mol. The third-order valence-corrected chi connectivity index (χ3v) is 2.04. The molecule has 0 aromatic heterocycles. The Morgan fingerprint density at radius 2 is 1.87 bits per heavy atom. The summed E-state index contributed by atoms with van der Waals surface area (Å²) in [5, 5.41) is 11.4. The Morgan fingerprint density at radius 3 is 2.20 bits per heavy atom. The molecule has 2 unspecified atom stereocenters. The van der Waals surface area contributed by atoms with E-state index in [4.69, 9.17) is 10.8 Å². The molecule has 0 aliphatic heterocycles. The molecule has 0 aromatic rings. The van der Waals surface area contributed by atoms with E-state index in [1.54, 1.807) is 6.92 Å². The fraction of sp³-hybridized carbons (Fsp3) is 0.800. The summed E-state index contributed by atoms with van der Waals surface area (Å²) in [4.78, 5) is 22.0. The Bertz CT molecular complexity index is 227. The van der Waals surface area contributed by atoms with E-state index in [1.807, 2.05) is 13.8 Å². The highest BCUT2D eigenvalue weighted by molar-refractivity contribution is 5.81. The number of rotatable bonds is 6. The molecule has 0 bridgehead atoms. The van der Waals surface area contributed by atoms with Crippen molar-refractivity contribution in [2.24, 2.45) is 17.6 Å². The van der Waals surface area contributed by atoms with E-state index in [2.05, 4.69) is 5.32 Å². The van der Waals surface area contributed by atoms with Gasteiger partial charge in [-0.15, -0.1) is 0 Å². The number of hydrogen-bond donors (Lipinski definition) is 3. The Morgan fingerprint density at radius 1 is 1.33 bits per heavy atom. The molecule has 0 aliphatic rings. The number of nitrogens with two attached hydrogens (primary N) is 1. The van der Waals surface area contributed by atoms with Gasteiger partial charge in [0.2, 0.25) is 5.91 Å². The van der Waals surface area contributed by atoms with Gasteiger partial charge in [-0.05, 0) is 19.3 Å². The molecule has 5 nitrogen and oxygen atoms in total. The second-order valence-electron chi connectivity index (χ2n) is 4.20. The average Bonchev–Trinajstić information content (AvgIpc) is 2.10. The minimum Gasteiger partial charge on any atom is -0.481 e. The van der Waals surface area contributed by atoms with Crippen molar-refractivity contribution in [3.8, 4) is 0 Å². The highest BCUT2D eigenvalue weighted by atomic mass is 16.4. The van der Waals surface area contributed by atoms with Crippen molar-refractivity contribution in [2.45, 2.75) is 33.2 Å².